The number of hydrazine groups is 1. The molecule has 3 heterocycles. The van der Waals surface area contributed by atoms with Crippen molar-refractivity contribution in [3.8, 4) is 6.01 Å². The Balaban J connectivity index is 1.54. The summed E-state index contributed by atoms with van der Waals surface area (Å²) in [4.78, 5) is 26.8. The average molecular weight is 326 g/mol. The summed E-state index contributed by atoms with van der Waals surface area (Å²) in [7, 11) is 0. The second-order valence-corrected chi connectivity index (χ2v) is 6.00. The number of piperazine rings is 1. The van der Waals surface area contributed by atoms with Gasteiger partial charge in [-0.25, -0.2) is 9.80 Å². The molecule has 1 amide bonds. The van der Waals surface area contributed by atoms with Crippen LogP contribution in [0.3, 0.4) is 0 Å². The van der Waals surface area contributed by atoms with Gasteiger partial charge in [0.2, 0.25) is 0 Å². The highest BCUT2D eigenvalue weighted by molar-refractivity contribution is 5.63. The molecule has 23 heavy (non-hydrogen) atoms. The Morgan fingerprint density at radius 1 is 1.52 bits per heavy atom. The first kappa shape index (κ1) is 15.5. The molecular weight excluding hydrogens is 308 g/mol. The van der Waals surface area contributed by atoms with Crippen LogP contribution in [0.25, 0.3) is 0 Å². The number of nitro groups is 1. The van der Waals surface area contributed by atoms with Crippen LogP contribution < -0.4 is 10.2 Å². The number of amides is 1. The molecule has 1 aromatic heterocycles. The summed E-state index contributed by atoms with van der Waals surface area (Å²) in [6, 6.07) is 0.269. The molecule has 11 nitrogen and oxygen atoms in total. The van der Waals surface area contributed by atoms with Gasteiger partial charge in [-0.05, 0) is 11.8 Å². The maximum atomic E-state index is 10.7. The molecule has 0 aromatic carbocycles. The van der Waals surface area contributed by atoms with E-state index in [-0.39, 0.29) is 11.8 Å². The van der Waals surface area contributed by atoms with E-state index in [1.54, 1.807) is 9.58 Å². The summed E-state index contributed by atoms with van der Waals surface area (Å²) >= 11 is 0. The molecule has 1 atom stereocenters. The van der Waals surface area contributed by atoms with Crippen LogP contribution in [0, 0.1) is 10.1 Å². The van der Waals surface area contributed by atoms with Crippen molar-refractivity contribution in [2.75, 3.05) is 32.7 Å². The molecule has 3 rings (SSSR count). The molecule has 1 aromatic rings. The van der Waals surface area contributed by atoms with E-state index in [2.05, 4.69) is 15.3 Å². The van der Waals surface area contributed by atoms with E-state index < -0.39 is 16.6 Å². The van der Waals surface area contributed by atoms with Crippen molar-refractivity contribution in [2.45, 2.75) is 19.1 Å². The zero-order valence-corrected chi connectivity index (χ0v) is 12.6. The number of carbonyl (C=O) groups is 1. The van der Waals surface area contributed by atoms with Gasteiger partial charge in [-0.1, -0.05) is 0 Å². The number of aromatic nitrogens is 2. The van der Waals surface area contributed by atoms with Crippen molar-refractivity contribution in [1.82, 2.24) is 24.9 Å². The molecule has 11 heteroatoms. The average Bonchev–Trinajstić information content (AvgIpc) is 2.95. The van der Waals surface area contributed by atoms with E-state index in [1.807, 2.05) is 6.92 Å². The molecule has 0 saturated carbocycles. The molecule has 2 aliphatic rings. The van der Waals surface area contributed by atoms with Crippen LogP contribution in [0.5, 0.6) is 6.01 Å². The molecule has 0 bridgehead atoms. The van der Waals surface area contributed by atoms with Crippen LogP contribution in [-0.4, -0.2) is 73.9 Å². The first-order valence-electron chi connectivity index (χ1n) is 7.22. The third-order valence-corrected chi connectivity index (χ3v) is 3.94. The Hall–Kier alpha value is -2.40. The number of hydrogen-bond acceptors (Lipinski definition) is 7. The minimum atomic E-state index is -1.06. The summed E-state index contributed by atoms with van der Waals surface area (Å²) < 4.78 is 7.45. The maximum Gasteiger partial charge on any atom is 0.419 e. The lowest BCUT2D eigenvalue weighted by molar-refractivity contribution is -0.389. The van der Waals surface area contributed by atoms with Crippen LogP contribution >= 0.6 is 0 Å². The summed E-state index contributed by atoms with van der Waals surface area (Å²) in [6.45, 7) is 5.69. The van der Waals surface area contributed by atoms with Gasteiger partial charge in [0.15, 0.2) is 0 Å². The first-order chi connectivity index (χ1) is 10.8. The fourth-order valence-electron chi connectivity index (χ4n) is 2.99. The monoisotopic (exact) mass is 326 g/mol. The number of hydrogen-bond donors (Lipinski definition) is 2. The van der Waals surface area contributed by atoms with Gasteiger partial charge < -0.3 is 20.0 Å². The van der Waals surface area contributed by atoms with Crippen LogP contribution in [-0.2, 0) is 6.54 Å². The zero-order valence-electron chi connectivity index (χ0n) is 12.6. The molecule has 1 saturated heterocycles. The van der Waals surface area contributed by atoms with Gasteiger partial charge in [0.1, 0.15) is 11.8 Å². The lowest BCUT2D eigenvalue weighted by Crippen LogP contribution is -2.56. The van der Waals surface area contributed by atoms with Gasteiger partial charge in [0.05, 0.1) is 6.54 Å². The first-order valence-corrected chi connectivity index (χ1v) is 7.22. The Labute approximate surface area is 131 Å². The van der Waals surface area contributed by atoms with Crippen molar-refractivity contribution in [2.24, 2.45) is 0 Å². The third kappa shape index (κ3) is 3.35. The van der Waals surface area contributed by atoms with Crippen molar-refractivity contribution < 1.29 is 19.6 Å². The van der Waals surface area contributed by atoms with E-state index in [0.29, 0.717) is 39.3 Å². The normalized spacial score (nSPS) is 24.9. The van der Waals surface area contributed by atoms with E-state index in [0.717, 1.165) is 0 Å². The highest BCUT2D eigenvalue weighted by atomic mass is 16.6. The predicted molar refractivity (Wildman–Crippen MR) is 77.1 cm³/mol. The second-order valence-electron chi connectivity index (χ2n) is 6.00. The Morgan fingerprint density at radius 2 is 2.22 bits per heavy atom. The quantitative estimate of drug-likeness (QED) is 0.572. The van der Waals surface area contributed by atoms with Crippen molar-refractivity contribution in [1.29, 1.82) is 0 Å². The SMILES string of the molecule is C[C@]1(CN2CCN(NC(=O)O)CC2)Cn2cc([N+](=O)[O-])nc2O1. The Bertz CT molecular complexity index is 600. The summed E-state index contributed by atoms with van der Waals surface area (Å²) in [6.07, 6.45) is 0.325. The smallest absolute Gasteiger partial charge is 0.419 e. The lowest BCUT2D eigenvalue weighted by Gasteiger charge is -2.37. The number of imidazole rings is 1. The standard InChI is InChI=1S/C12H18N6O5/c1-12(7-15-2-4-17(5-3-15)14-11(19)20)8-16-6-9(18(21)22)13-10(16)23-12/h6,14H,2-5,7-8H2,1H3,(H,19,20)/t12-/m0/s1. The lowest BCUT2D eigenvalue weighted by atomic mass is 10.1. The maximum absolute atomic E-state index is 10.7. The number of ether oxygens (including phenoxy) is 1. The molecule has 0 aliphatic carbocycles. The molecule has 2 aliphatic heterocycles. The van der Waals surface area contributed by atoms with Gasteiger partial charge in [0, 0.05) is 37.7 Å². The minimum Gasteiger partial charge on any atom is -0.464 e. The molecular formula is C12H18N6O5. The van der Waals surface area contributed by atoms with Gasteiger partial charge in [0.25, 0.3) is 0 Å². The van der Waals surface area contributed by atoms with Gasteiger partial charge in [-0.3, -0.25) is 14.9 Å². The van der Waals surface area contributed by atoms with E-state index in [9.17, 15) is 14.9 Å². The minimum absolute atomic E-state index is 0.213. The highest BCUT2D eigenvalue weighted by Crippen LogP contribution is 2.31. The predicted octanol–water partition coefficient (Wildman–Crippen LogP) is -0.257. The largest absolute Gasteiger partial charge is 0.464 e. The summed E-state index contributed by atoms with van der Waals surface area (Å²) in [5, 5.41) is 21.1. The Morgan fingerprint density at radius 3 is 2.78 bits per heavy atom. The van der Waals surface area contributed by atoms with Crippen molar-refractivity contribution in [3.05, 3.63) is 16.3 Å². The number of nitrogens with zero attached hydrogens (tertiary/aromatic N) is 5. The van der Waals surface area contributed by atoms with Gasteiger partial charge >= 0.3 is 17.9 Å². The molecule has 0 spiro atoms. The van der Waals surface area contributed by atoms with E-state index in [1.165, 1.54) is 6.20 Å². The Kier molecular flexibility index (Phi) is 3.82. The van der Waals surface area contributed by atoms with Crippen molar-refractivity contribution >= 4 is 11.9 Å². The summed E-state index contributed by atoms with van der Waals surface area (Å²) in [5.41, 5.74) is 1.85. The fourth-order valence-corrected chi connectivity index (χ4v) is 2.99. The van der Waals surface area contributed by atoms with Crippen molar-refractivity contribution in [3.63, 3.8) is 0 Å². The van der Waals surface area contributed by atoms with Gasteiger partial charge in [-0.15, -0.1) is 0 Å². The number of nitrogens with one attached hydrogen (secondary N) is 1. The topological polar surface area (TPSA) is 126 Å². The molecule has 126 valence electrons. The fraction of sp³-hybridized carbons (Fsp3) is 0.667. The van der Waals surface area contributed by atoms with Crippen LogP contribution in [0.4, 0.5) is 10.6 Å². The third-order valence-electron chi connectivity index (χ3n) is 3.94. The van der Waals surface area contributed by atoms with Crippen LogP contribution in [0.2, 0.25) is 0 Å². The zero-order chi connectivity index (χ0) is 16.6. The highest BCUT2D eigenvalue weighted by Gasteiger charge is 2.41. The number of fused-ring (bicyclic) bond motifs is 1. The van der Waals surface area contributed by atoms with Crippen LogP contribution in [0.1, 0.15) is 6.92 Å². The molecule has 0 radical (unpaired) electrons. The molecule has 1 fully saturated rings. The van der Waals surface area contributed by atoms with E-state index >= 15 is 0 Å². The number of carboxylic acid groups (broad SMARTS) is 1. The van der Waals surface area contributed by atoms with E-state index in [4.69, 9.17) is 9.84 Å². The van der Waals surface area contributed by atoms with Crippen LogP contribution in [0.15, 0.2) is 6.20 Å². The van der Waals surface area contributed by atoms with Gasteiger partial charge in [-0.2, -0.15) is 0 Å². The molecule has 2 N–H and O–H groups in total. The summed E-state index contributed by atoms with van der Waals surface area (Å²) in [5.74, 6) is -0.213. The second kappa shape index (κ2) is 5.66. The number of rotatable bonds is 4. The molecule has 0 unspecified atom stereocenters.